The van der Waals surface area contributed by atoms with Crippen molar-refractivity contribution in [3.8, 4) is 0 Å². The van der Waals surface area contributed by atoms with Gasteiger partial charge in [-0.1, -0.05) is 6.07 Å². The van der Waals surface area contributed by atoms with Crippen LogP contribution in [-0.4, -0.2) is 39.6 Å². The monoisotopic (exact) mass is 397 g/mol. The Morgan fingerprint density at radius 3 is 2.93 bits per heavy atom. The summed E-state index contributed by atoms with van der Waals surface area (Å²) in [6.45, 7) is 0.0632. The van der Waals surface area contributed by atoms with Crippen molar-refractivity contribution in [1.29, 1.82) is 0 Å². The number of halogens is 1. The third-order valence-corrected chi connectivity index (χ3v) is 5.08. The maximum atomic E-state index is 13.5. The zero-order valence-electron chi connectivity index (χ0n) is 15.8. The van der Waals surface area contributed by atoms with Crippen molar-refractivity contribution in [3.05, 3.63) is 64.4 Å². The highest BCUT2D eigenvalue weighted by molar-refractivity contribution is 6.01. The summed E-state index contributed by atoms with van der Waals surface area (Å²) in [6.07, 6.45) is 3.49. The number of amides is 2. The van der Waals surface area contributed by atoms with Crippen molar-refractivity contribution >= 4 is 17.5 Å². The van der Waals surface area contributed by atoms with Crippen LogP contribution in [0, 0.1) is 5.82 Å². The first-order valence-electron chi connectivity index (χ1n) is 9.21. The minimum atomic E-state index is -0.692. The molecule has 0 bridgehead atoms. The molecule has 1 atom stereocenters. The second-order valence-electron chi connectivity index (χ2n) is 7.01. The fourth-order valence-electron chi connectivity index (χ4n) is 3.76. The van der Waals surface area contributed by atoms with Gasteiger partial charge >= 0.3 is 0 Å². The molecular formula is C20H20FN5O3. The number of fused-ring (bicyclic) bond motifs is 2. The molecule has 0 saturated carbocycles. The number of hydrogen-bond acceptors (Lipinski definition) is 5. The fourth-order valence-corrected chi connectivity index (χ4v) is 3.76. The molecule has 0 radical (unpaired) electrons. The van der Waals surface area contributed by atoms with E-state index >= 15 is 0 Å². The highest BCUT2D eigenvalue weighted by Crippen LogP contribution is 2.23. The highest BCUT2D eigenvalue weighted by Gasteiger charge is 2.25. The number of carbonyl (C=O) groups is 2. The van der Waals surface area contributed by atoms with Crippen molar-refractivity contribution in [3.63, 3.8) is 0 Å². The lowest BCUT2D eigenvalue weighted by Crippen LogP contribution is -2.39. The van der Waals surface area contributed by atoms with Crippen molar-refractivity contribution < 1.29 is 18.7 Å². The van der Waals surface area contributed by atoms with Gasteiger partial charge in [0.25, 0.3) is 11.8 Å². The summed E-state index contributed by atoms with van der Waals surface area (Å²) in [7, 11) is 1.47. The molecule has 2 amide bonds. The van der Waals surface area contributed by atoms with Crippen LogP contribution in [-0.2, 0) is 24.2 Å². The second-order valence-corrected chi connectivity index (χ2v) is 7.01. The molecule has 2 aromatic heterocycles. The van der Waals surface area contributed by atoms with Crippen LogP contribution >= 0.6 is 0 Å². The number of nitrogens with zero attached hydrogens (tertiary/aromatic N) is 3. The number of ether oxygens (including phenoxy) is 1. The number of methoxy groups -OCH3 is 1. The number of aromatic nitrogens is 3. The maximum absolute atomic E-state index is 13.5. The average molecular weight is 397 g/mol. The zero-order valence-corrected chi connectivity index (χ0v) is 15.8. The number of hydrogen-bond donors (Lipinski definition) is 2. The predicted molar refractivity (Wildman–Crippen MR) is 102 cm³/mol. The van der Waals surface area contributed by atoms with E-state index in [2.05, 4.69) is 15.4 Å². The summed E-state index contributed by atoms with van der Waals surface area (Å²) in [5.74, 6) is -1.33. The lowest BCUT2D eigenvalue weighted by molar-refractivity contribution is 0.0924. The summed E-state index contributed by atoms with van der Waals surface area (Å²) in [5, 5.41) is 7.28. The maximum Gasteiger partial charge on any atom is 0.270 e. The third-order valence-electron chi connectivity index (χ3n) is 5.08. The van der Waals surface area contributed by atoms with Crippen molar-refractivity contribution in [2.24, 2.45) is 5.73 Å². The van der Waals surface area contributed by atoms with Gasteiger partial charge in [0.15, 0.2) is 5.65 Å². The summed E-state index contributed by atoms with van der Waals surface area (Å²) < 4.78 is 19.9. The Hall–Kier alpha value is -3.33. The molecule has 29 heavy (non-hydrogen) atoms. The molecule has 4 rings (SSSR count). The molecule has 9 heteroatoms. The van der Waals surface area contributed by atoms with Crippen LogP contribution in [0.4, 0.5) is 4.39 Å². The van der Waals surface area contributed by atoms with Gasteiger partial charge in [-0.25, -0.2) is 13.9 Å². The highest BCUT2D eigenvalue weighted by atomic mass is 19.1. The van der Waals surface area contributed by atoms with E-state index in [1.807, 2.05) is 0 Å². The number of aryl methyl sites for hydroxylation is 1. The summed E-state index contributed by atoms with van der Waals surface area (Å²) in [5.41, 5.74) is 8.35. The van der Waals surface area contributed by atoms with E-state index in [9.17, 15) is 14.0 Å². The van der Waals surface area contributed by atoms with E-state index in [1.165, 1.54) is 36.0 Å². The summed E-state index contributed by atoms with van der Waals surface area (Å²) in [6, 6.07) is 6.15. The first-order chi connectivity index (χ1) is 14.0. The SMILES string of the molecule is COCc1nn2c(C(=O)NC3CCc4ccc(F)cc4C3)ccnc2c1C(N)=O. The van der Waals surface area contributed by atoms with Gasteiger partial charge in [-0.2, -0.15) is 5.10 Å². The molecule has 0 aliphatic heterocycles. The average Bonchev–Trinajstić information content (AvgIpc) is 3.06. The lowest BCUT2D eigenvalue weighted by Gasteiger charge is -2.25. The molecule has 2 heterocycles. The summed E-state index contributed by atoms with van der Waals surface area (Å²) >= 11 is 0. The van der Waals surface area contributed by atoms with Crippen molar-refractivity contribution in [1.82, 2.24) is 19.9 Å². The predicted octanol–water partition coefficient (Wildman–Crippen LogP) is 1.40. The Bertz CT molecular complexity index is 1110. The van der Waals surface area contributed by atoms with Crippen LogP contribution < -0.4 is 11.1 Å². The molecule has 3 N–H and O–H groups in total. The van der Waals surface area contributed by atoms with E-state index in [0.29, 0.717) is 12.1 Å². The Morgan fingerprint density at radius 2 is 2.17 bits per heavy atom. The number of benzene rings is 1. The molecular weight excluding hydrogens is 377 g/mol. The van der Waals surface area contributed by atoms with Crippen LogP contribution in [0.3, 0.4) is 0 Å². The molecule has 150 valence electrons. The van der Waals surface area contributed by atoms with Gasteiger partial charge < -0.3 is 15.8 Å². The molecule has 0 saturated heterocycles. The van der Waals surface area contributed by atoms with Gasteiger partial charge in [0.2, 0.25) is 0 Å². The van der Waals surface area contributed by atoms with Gasteiger partial charge in [0, 0.05) is 19.3 Å². The Labute approximate surface area is 165 Å². The molecule has 1 aromatic carbocycles. The van der Waals surface area contributed by atoms with Gasteiger partial charge in [0.1, 0.15) is 22.8 Å². The number of nitrogens with two attached hydrogens (primary N) is 1. The van der Waals surface area contributed by atoms with Gasteiger partial charge in [-0.05, 0) is 48.6 Å². The van der Waals surface area contributed by atoms with Crippen molar-refractivity contribution in [2.75, 3.05) is 7.11 Å². The molecule has 1 aliphatic carbocycles. The number of primary amides is 1. The van der Waals surface area contributed by atoms with Gasteiger partial charge in [-0.15, -0.1) is 0 Å². The van der Waals surface area contributed by atoms with Crippen LogP contribution in [0.2, 0.25) is 0 Å². The van der Waals surface area contributed by atoms with E-state index in [-0.39, 0.29) is 41.3 Å². The summed E-state index contributed by atoms with van der Waals surface area (Å²) in [4.78, 5) is 28.9. The van der Waals surface area contributed by atoms with Crippen LogP contribution in [0.1, 0.15) is 44.1 Å². The minimum Gasteiger partial charge on any atom is -0.378 e. The van der Waals surface area contributed by atoms with E-state index < -0.39 is 5.91 Å². The minimum absolute atomic E-state index is 0.0632. The number of nitrogens with one attached hydrogen (secondary N) is 1. The molecule has 3 aromatic rings. The van der Waals surface area contributed by atoms with Crippen LogP contribution in [0.5, 0.6) is 0 Å². The van der Waals surface area contributed by atoms with Crippen LogP contribution in [0.25, 0.3) is 5.65 Å². The molecule has 1 unspecified atom stereocenters. The zero-order chi connectivity index (χ0) is 20.5. The molecule has 1 aliphatic rings. The molecule has 0 fully saturated rings. The fraction of sp³-hybridized carbons (Fsp3) is 0.300. The van der Waals surface area contributed by atoms with E-state index in [0.717, 1.165) is 24.0 Å². The van der Waals surface area contributed by atoms with Crippen LogP contribution in [0.15, 0.2) is 30.5 Å². The number of carbonyl (C=O) groups excluding carboxylic acids is 2. The third kappa shape index (κ3) is 3.56. The quantitative estimate of drug-likeness (QED) is 0.676. The standard InChI is InChI=1S/C20H20FN5O3/c1-29-10-15-17(18(22)27)19-23-7-6-16(26(19)25-15)20(28)24-14-5-3-11-2-4-13(21)8-12(11)9-14/h2,4,6-8,14H,3,5,9-10H2,1H3,(H2,22,27)(H,24,28). The lowest BCUT2D eigenvalue weighted by atomic mass is 9.88. The smallest absolute Gasteiger partial charge is 0.270 e. The largest absolute Gasteiger partial charge is 0.378 e. The molecule has 8 nitrogen and oxygen atoms in total. The second kappa shape index (κ2) is 7.59. The first-order valence-corrected chi connectivity index (χ1v) is 9.21. The molecule has 0 spiro atoms. The first kappa shape index (κ1) is 19.0. The Morgan fingerprint density at radius 1 is 1.34 bits per heavy atom. The van der Waals surface area contributed by atoms with Gasteiger partial charge in [-0.3, -0.25) is 9.59 Å². The van der Waals surface area contributed by atoms with Gasteiger partial charge in [0.05, 0.1) is 6.61 Å². The van der Waals surface area contributed by atoms with Crippen molar-refractivity contribution in [2.45, 2.75) is 31.9 Å². The van der Waals surface area contributed by atoms with E-state index in [1.54, 1.807) is 6.07 Å². The topological polar surface area (TPSA) is 112 Å². The normalized spacial score (nSPS) is 15.9. The van der Waals surface area contributed by atoms with E-state index in [4.69, 9.17) is 10.5 Å². The number of rotatable bonds is 5. The Kier molecular flexibility index (Phi) is 4.98. The Balaban J connectivity index is 1.62.